The van der Waals surface area contributed by atoms with E-state index in [4.69, 9.17) is 21.1 Å². The Hall–Kier alpha value is -3.23. The van der Waals surface area contributed by atoms with Crippen LogP contribution in [0, 0.1) is 11.3 Å². The van der Waals surface area contributed by atoms with Gasteiger partial charge in [-0.3, -0.25) is 4.79 Å². The Kier molecular flexibility index (Phi) is 7.67. The number of ether oxygens (including phenoxy) is 2. The summed E-state index contributed by atoms with van der Waals surface area (Å²) in [6.07, 6.45) is 3.82. The fourth-order valence-corrected chi connectivity index (χ4v) is 2.80. The molecule has 1 N–H and O–H groups in total. The fraction of sp³-hybridized carbons (Fsp3) is 0.182. The van der Waals surface area contributed by atoms with Crippen molar-refractivity contribution in [3.63, 3.8) is 0 Å². The van der Waals surface area contributed by atoms with E-state index in [-0.39, 0.29) is 5.57 Å². The molecule has 28 heavy (non-hydrogen) atoms. The number of amides is 1. The molecule has 0 heterocycles. The molecule has 0 saturated heterocycles. The molecule has 0 bridgehead atoms. The number of methoxy groups -OCH3 is 1. The van der Waals surface area contributed by atoms with Crippen molar-refractivity contribution in [3.8, 4) is 17.6 Å². The maximum atomic E-state index is 12.5. The smallest absolute Gasteiger partial charge is 0.266 e. The number of nitrogens with one attached hydrogen (secondary N) is 1. The molecule has 2 aromatic carbocycles. The minimum atomic E-state index is -0.525. The van der Waals surface area contributed by atoms with Gasteiger partial charge in [-0.25, -0.2) is 0 Å². The number of rotatable bonds is 8. The maximum absolute atomic E-state index is 12.5. The summed E-state index contributed by atoms with van der Waals surface area (Å²) in [5.41, 5.74) is 1.97. The van der Waals surface area contributed by atoms with Crippen LogP contribution in [0.3, 0.4) is 0 Å². The molecule has 0 fully saturated rings. The first kappa shape index (κ1) is 21.1. The highest BCUT2D eigenvalue weighted by atomic mass is 35.5. The van der Waals surface area contributed by atoms with Gasteiger partial charge in [0.15, 0.2) is 11.5 Å². The van der Waals surface area contributed by atoms with Crippen LogP contribution in [0.1, 0.15) is 18.1 Å². The molecule has 1 amide bonds. The summed E-state index contributed by atoms with van der Waals surface area (Å²) in [4.78, 5) is 12.5. The zero-order valence-corrected chi connectivity index (χ0v) is 16.5. The lowest BCUT2D eigenvalue weighted by Crippen LogP contribution is -2.13. The molecular weight excluding hydrogens is 376 g/mol. The van der Waals surface area contributed by atoms with Crippen LogP contribution >= 0.6 is 11.6 Å². The lowest BCUT2D eigenvalue weighted by molar-refractivity contribution is -0.112. The summed E-state index contributed by atoms with van der Waals surface area (Å²) in [6, 6.07) is 12.2. The Morgan fingerprint density at radius 1 is 1.36 bits per heavy atom. The molecule has 0 spiro atoms. The van der Waals surface area contributed by atoms with Crippen LogP contribution in [0.4, 0.5) is 5.69 Å². The van der Waals surface area contributed by atoms with Crippen molar-refractivity contribution >= 4 is 29.3 Å². The largest absolute Gasteiger partial charge is 0.493 e. The van der Waals surface area contributed by atoms with Gasteiger partial charge in [0.25, 0.3) is 5.91 Å². The van der Waals surface area contributed by atoms with E-state index in [1.165, 1.54) is 6.08 Å². The Labute approximate surface area is 169 Å². The number of hydrogen-bond acceptors (Lipinski definition) is 4. The second kappa shape index (κ2) is 10.2. The molecule has 5 nitrogen and oxygen atoms in total. The van der Waals surface area contributed by atoms with E-state index >= 15 is 0 Å². The topological polar surface area (TPSA) is 71.4 Å². The first-order valence-electron chi connectivity index (χ1n) is 8.65. The van der Waals surface area contributed by atoms with Gasteiger partial charge in [-0.15, -0.1) is 6.58 Å². The molecule has 0 aliphatic carbocycles. The Morgan fingerprint density at radius 3 is 2.75 bits per heavy atom. The molecule has 2 aromatic rings. The third-order valence-corrected chi connectivity index (χ3v) is 4.02. The Balaban J connectivity index is 2.39. The van der Waals surface area contributed by atoms with Gasteiger partial charge in [-0.1, -0.05) is 23.7 Å². The summed E-state index contributed by atoms with van der Waals surface area (Å²) in [5.74, 6) is 0.631. The van der Waals surface area contributed by atoms with Gasteiger partial charge in [0.2, 0.25) is 0 Å². The first-order chi connectivity index (χ1) is 13.5. The monoisotopic (exact) mass is 396 g/mol. The third-order valence-electron chi connectivity index (χ3n) is 3.79. The summed E-state index contributed by atoms with van der Waals surface area (Å²) in [5, 5.41) is 12.6. The van der Waals surface area contributed by atoms with Gasteiger partial charge in [0, 0.05) is 16.3 Å². The van der Waals surface area contributed by atoms with Crippen LogP contribution in [0.15, 0.2) is 54.6 Å². The van der Waals surface area contributed by atoms with E-state index in [1.807, 2.05) is 19.1 Å². The lowest BCUT2D eigenvalue weighted by Gasteiger charge is -2.15. The van der Waals surface area contributed by atoms with Gasteiger partial charge in [-0.05, 0) is 55.3 Å². The fourth-order valence-electron chi connectivity index (χ4n) is 2.61. The van der Waals surface area contributed by atoms with Crippen LogP contribution in [0.25, 0.3) is 6.08 Å². The summed E-state index contributed by atoms with van der Waals surface area (Å²) < 4.78 is 11.1. The van der Waals surface area contributed by atoms with Crippen molar-refractivity contribution in [2.24, 2.45) is 0 Å². The van der Waals surface area contributed by atoms with Crippen molar-refractivity contribution in [1.82, 2.24) is 0 Å². The molecule has 2 rings (SSSR count). The van der Waals surface area contributed by atoms with Crippen molar-refractivity contribution in [2.45, 2.75) is 13.3 Å². The molecule has 0 radical (unpaired) electrons. The van der Waals surface area contributed by atoms with Gasteiger partial charge in [0.05, 0.1) is 13.7 Å². The van der Waals surface area contributed by atoms with E-state index in [2.05, 4.69) is 11.9 Å². The van der Waals surface area contributed by atoms with E-state index in [0.717, 1.165) is 5.56 Å². The molecule has 0 aromatic heterocycles. The number of carbonyl (C=O) groups is 1. The molecule has 0 aliphatic rings. The number of nitriles is 1. The highest BCUT2D eigenvalue weighted by Gasteiger charge is 2.14. The lowest BCUT2D eigenvalue weighted by atomic mass is 10.0. The molecule has 0 aliphatic heterocycles. The first-order valence-corrected chi connectivity index (χ1v) is 9.03. The van der Waals surface area contributed by atoms with E-state index in [9.17, 15) is 10.1 Å². The SMILES string of the molecule is C=CCc1cc(/C=C(\C#N)C(=O)Nc2cccc(Cl)c2)cc(OC)c1OCC. The molecule has 0 unspecified atom stereocenters. The average Bonchev–Trinajstić information content (AvgIpc) is 2.67. The maximum Gasteiger partial charge on any atom is 0.266 e. The number of nitrogens with zero attached hydrogens (tertiary/aromatic N) is 1. The third kappa shape index (κ3) is 5.38. The molecule has 144 valence electrons. The summed E-state index contributed by atoms with van der Waals surface area (Å²) >= 11 is 5.93. The van der Waals surface area contributed by atoms with E-state index < -0.39 is 5.91 Å². The van der Waals surface area contributed by atoms with Crippen molar-refractivity contribution in [3.05, 3.63) is 70.8 Å². The zero-order chi connectivity index (χ0) is 20.5. The van der Waals surface area contributed by atoms with Crippen LogP contribution < -0.4 is 14.8 Å². The van der Waals surface area contributed by atoms with Crippen LogP contribution in [-0.2, 0) is 11.2 Å². The number of hydrogen-bond donors (Lipinski definition) is 1. The van der Waals surface area contributed by atoms with Gasteiger partial charge in [-0.2, -0.15) is 5.26 Å². The van der Waals surface area contributed by atoms with Crippen LogP contribution in [-0.4, -0.2) is 19.6 Å². The van der Waals surface area contributed by atoms with Gasteiger partial charge >= 0.3 is 0 Å². The molecule has 0 saturated carbocycles. The van der Waals surface area contributed by atoms with E-state index in [0.29, 0.717) is 40.8 Å². The Morgan fingerprint density at radius 2 is 2.14 bits per heavy atom. The van der Waals surface area contributed by atoms with Crippen LogP contribution in [0.2, 0.25) is 5.02 Å². The zero-order valence-electron chi connectivity index (χ0n) is 15.8. The normalized spacial score (nSPS) is 10.7. The van der Waals surface area contributed by atoms with Crippen molar-refractivity contribution in [2.75, 3.05) is 19.0 Å². The number of benzene rings is 2. The number of halogens is 1. The standard InChI is InChI=1S/C22H21ClN2O3/c1-4-7-16-10-15(12-20(27-3)21(16)28-5-2)11-17(14-24)22(26)25-19-9-6-8-18(23)13-19/h4,6,8-13H,1,5,7H2,2-3H3,(H,25,26)/b17-11+. The molecule has 0 atom stereocenters. The molecular formula is C22H21ClN2O3. The highest BCUT2D eigenvalue weighted by Crippen LogP contribution is 2.34. The number of allylic oxidation sites excluding steroid dienone is 1. The van der Waals surface area contributed by atoms with Gasteiger partial charge < -0.3 is 14.8 Å². The Bertz CT molecular complexity index is 945. The average molecular weight is 397 g/mol. The molecule has 6 heteroatoms. The number of carbonyl (C=O) groups excluding carboxylic acids is 1. The minimum Gasteiger partial charge on any atom is -0.493 e. The van der Waals surface area contributed by atoms with Crippen LogP contribution in [0.5, 0.6) is 11.5 Å². The second-order valence-corrected chi connectivity index (χ2v) is 6.21. The minimum absolute atomic E-state index is 0.0456. The summed E-state index contributed by atoms with van der Waals surface area (Å²) in [6.45, 7) is 6.14. The quantitative estimate of drug-likeness (QED) is 0.386. The predicted octanol–water partition coefficient (Wildman–Crippen LogP) is 5.02. The summed E-state index contributed by atoms with van der Waals surface area (Å²) in [7, 11) is 1.54. The van der Waals surface area contributed by atoms with Gasteiger partial charge in [0.1, 0.15) is 11.6 Å². The predicted molar refractivity (Wildman–Crippen MR) is 112 cm³/mol. The number of anilines is 1. The van der Waals surface area contributed by atoms with Crippen molar-refractivity contribution in [1.29, 1.82) is 5.26 Å². The van der Waals surface area contributed by atoms with E-state index in [1.54, 1.807) is 43.5 Å². The van der Waals surface area contributed by atoms with Crippen molar-refractivity contribution < 1.29 is 14.3 Å². The second-order valence-electron chi connectivity index (χ2n) is 5.77. The highest BCUT2D eigenvalue weighted by molar-refractivity contribution is 6.31.